The first kappa shape index (κ1) is 59.7. The summed E-state index contributed by atoms with van der Waals surface area (Å²) in [6.45, 7) is 0. The number of hydrogen-bond donors (Lipinski definition) is 10. The van der Waals surface area contributed by atoms with E-state index in [2.05, 4.69) is 35.7 Å². The van der Waals surface area contributed by atoms with Gasteiger partial charge >= 0.3 is 74.3 Å². The number of ether oxygens (including phenoxy) is 2. The molecule has 34 nitrogen and oxygen atoms in total. The topological polar surface area (TPSA) is 533 Å². The monoisotopic (exact) mass is 1180 g/mol. The van der Waals surface area contributed by atoms with Crippen LogP contribution < -0.4 is 10.6 Å². The summed E-state index contributed by atoms with van der Waals surface area (Å²) in [6.07, 6.45) is -22.0. The molecule has 10 N–H and O–H groups in total. The fraction of sp³-hybridized carbons (Fsp3) is 0.448. The zero-order valence-electron chi connectivity index (χ0n) is 34.2. The van der Waals surface area contributed by atoms with Crippen molar-refractivity contribution >= 4 is 121 Å². The van der Waals surface area contributed by atoms with Crippen LogP contribution in [0.5, 0.6) is 0 Å². The number of anilines is 2. The first-order valence-electron chi connectivity index (χ1n) is 18.2. The van der Waals surface area contributed by atoms with Gasteiger partial charge in [0.15, 0.2) is 12.2 Å². The number of carbonyl (C=O) groups is 4. The third-order valence-electron chi connectivity index (χ3n) is 8.46. The normalized spacial score (nSPS) is 25.7. The van der Waals surface area contributed by atoms with Crippen molar-refractivity contribution in [1.29, 1.82) is 0 Å². The molecule has 2 aromatic carbocycles. The Morgan fingerprint density at radius 1 is 0.437 bits per heavy atom. The molecule has 0 saturated carbocycles. The number of benzene rings is 2. The second-order valence-corrected chi connectivity index (χ2v) is 22.3. The molecule has 0 unspecified atom stereocenters. The molecule has 42 heteroatoms. The highest BCUT2D eigenvalue weighted by molar-refractivity contribution is 8.00. The Morgan fingerprint density at radius 2 is 0.690 bits per heavy atom. The largest absolute Gasteiger partial charge is 0.479 e. The van der Waals surface area contributed by atoms with E-state index in [9.17, 15) is 98.1 Å². The number of thioether (sulfide) groups is 2. The Morgan fingerprint density at radius 3 is 0.944 bits per heavy atom. The van der Waals surface area contributed by atoms with Gasteiger partial charge in [0.25, 0.3) is 0 Å². The SMILES string of the molecule is O=C(CCCC(=O)Nc1ccc(S[C@@H]2O[C@H](C(=O)O)[C@@H](OS(=O)(=O)O)[C@H](OS(=O)(=O)O)[C@H]2OS(=O)(=O)O)cc1)Nc1ccc(S[C@@H]2O[C@H](C(=O)O)[C@@H](OS(=O)(=O)O)[C@H](OS(=O)(=O)O)[C@H]2OS(=O)(=O)O)cc1. The minimum Gasteiger partial charge on any atom is -0.479 e. The minimum atomic E-state index is -5.73. The molecule has 10 atom stereocenters. The highest BCUT2D eigenvalue weighted by atomic mass is 32.3. The van der Waals surface area contributed by atoms with Crippen LogP contribution in [0.3, 0.4) is 0 Å². The molecule has 0 spiro atoms. The lowest BCUT2D eigenvalue weighted by Gasteiger charge is -2.41. The molecule has 2 fully saturated rings. The molecule has 2 aliphatic rings. The number of amides is 2. The summed E-state index contributed by atoms with van der Waals surface area (Å²) in [7, 11) is -34.1. The lowest BCUT2D eigenvalue weighted by Crippen LogP contribution is -2.62. The Hall–Kier alpha value is -3.84. The van der Waals surface area contributed by atoms with Crippen molar-refractivity contribution in [2.24, 2.45) is 0 Å². The summed E-state index contributed by atoms with van der Waals surface area (Å²) in [4.78, 5) is 49.3. The maximum absolute atomic E-state index is 12.7. The quantitative estimate of drug-likeness (QED) is 0.0527. The molecule has 0 bridgehead atoms. The van der Waals surface area contributed by atoms with Gasteiger partial charge in [0.05, 0.1) is 0 Å². The number of aliphatic carboxylic acids is 2. The average Bonchev–Trinajstić information content (AvgIpc) is 3.17. The molecule has 2 aliphatic heterocycles. The fourth-order valence-electron chi connectivity index (χ4n) is 6.04. The molecule has 2 heterocycles. The molecular formula is C29H34N2O32S8. The lowest BCUT2D eigenvalue weighted by atomic mass is 10.00. The Balaban J connectivity index is 1.38. The zero-order chi connectivity index (χ0) is 53.7. The molecule has 2 amide bonds. The molecule has 0 aliphatic carbocycles. The zero-order valence-corrected chi connectivity index (χ0v) is 40.7. The molecule has 0 radical (unpaired) electrons. The predicted octanol–water partition coefficient (Wildman–Crippen LogP) is -1.63. The van der Waals surface area contributed by atoms with E-state index in [1.807, 2.05) is 0 Å². The smallest absolute Gasteiger partial charge is 0.397 e. The molecule has 71 heavy (non-hydrogen) atoms. The average molecular weight is 1180 g/mol. The molecule has 4 rings (SSSR count). The summed E-state index contributed by atoms with van der Waals surface area (Å²) in [5.41, 5.74) is -3.92. The van der Waals surface area contributed by atoms with E-state index in [1.54, 1.807) is 0 Å². The summed E-state index contributed by atoms with van der Waals surface area (Å²) in [5.74, 6) is -5.48. The molecule has 0 aromatic heterocycles. The number of carbonyl (C=O) groups excluding carboxylic acids is 2. The first-order valence-corrected chi connectivity index (χ1v) is 28.1. The standard InChI is InChI=1S/C29H34N2O32S8/c32-16(30-12-4-8-14(9-5-12)64-28-24(62-70(50,51)52)20(60-68(44,45)46)18(58-66(38,39)40)22(56-28)26(34)35)2-1-3-17(33)31-13-6-10-15(11-7-13)65-29-25(63-71(53,54)55)21(61-69(47,48)49)19(59-67(41,42)43)23(57-29)27(36)37/h4-11,18-25,28-29H,1-3H2,(H,30,32)(H,31,33)(H,34,35)(H,36,37)(H,38,39,40)(H,41,42,43)(H,44,45,46)(H,47,48,49)(H,50,51,52)(H,53,54,55)/t18-,19-,20-,21-,22-,23-,24+,25+,28-,29-/m0/s1. The summed E-state index contributed by atoms with van der Waals surface area (Å²) in [6, 6.07) is 9.73. The van der Waals surface area contributed by atoms with Gasteiger partial charge in [-0.15, -0.1) is 0 Å². The van der Waals surface area contributed by atoms with E-state index in [-0.39, 0.29) is 40.4 Å². The van der Waals surface area contributed by atoms with Crippen LogP contribution in [0.2, 0.25) is 0 Å². The Kier molecular flexibility index (Phi) is 19.8. The number of hydrogen-bond acceptors (Lipinski definition) is 26. The Bertz CT molecular complexity index is 2770. The van der Waals surface area contributed by atoms with Crippen LogP contribution in [0.1, 0.15) is 19.3 Å². The molecule has 2 saturated heterocycles. The Labute approximate surface area is 408 Å². The van der Waals surface area contributed by atoms with E-state index >= 15 is 0 Å². The van der Waals surface area contributed by atoms with Gasteiger partial charge in [-0.25, -0.2) is 34.7 Å². The van der Waals surface area contributed by atoms with Crippen molar-refractivity contribution in [2.75, 3.05) is 10.6 Å². The van der Waals surface area contributed by atoms with Crippen molar-refractivity contribution in [1.82, 2.24) is 0 Å². The van der Waals surface area contributed by atoms with E-state index in [0.29, 0.717) is 23.5 Å². The number of rotatable bonds is 24. The summed E-state index contributed by atoms with van der Waals surface area (Å²) < 4.78 is 231. The maximum Gasteiger partial charge on any atom is 0.397 e. The molecular weight excluding hydrogens is 1140 g/mol. The maximum atomic E-state index is 12.7. The van der Waals surface area contributed by atoms with Gasteiger partial charge in [0, 0.05) is 34.0 Å². The number of carboxylic acid groups (broad SMARTS) is 2. The fourth-order valence-corrected chi connectivity index (χ4v) is 11.3. The van der Waals surface area contributed by atoms with E-state index in [1.165, 1.54) is 48.5 Å². The predicted molar refractivity (Wildman–Crippen MR) is 227 cm³/mol. The van der Waals surface area contributed by atoms with Gasteiger partial charge in [-0.1, -0.05) is 23.5 Å². The molecule has 400 valence electrons. The van der Waals surface area contributed by atoms with Crippen LogP contribution >= 0.6 is 23.5 Å². The van der Waals surface area contributed by atoms with Gasteiger partial charge in [-0.05, 0) is 55.0 Å². The number of carboxylic acids is 2. The van der Waals surface area contributed by atoms with E-state index in [4.69, 9.17) is 18.6 Å². The van der Waals surface area contributed by atoms with Crippen LogP contribution in [0, 0.1) is 0 Å². The van der Waals surface area contributed by atoms with E-state index in [0.717, 1.165) is 0 Å². The van der Waals surface area contributed by atoms with Crippen LogP contribution in [-0.4, -0.2) is 171 Å². The lowest BCUT2D eigenvalue weighted by molar-refractivity contribution is -0.195. The van der Waals surface area contributed by atoms with Crippen LogP contribution in [0.25, 0.3) is 0 Å². The van der Waals surface area contributed by atoms with E-state index < -0.39 is 146 Å². The van der Waals surface area contributed by atoms with Crippen molar-refractivity contribution in [3.63, 3.8) is 0 Å². The van der Waals surface area contributed by atoms with Crippen LogP contribution in [0.15, 0.2) is 58.3 Å². The second kappa shape index (κ2) is 23.6. The second-order valence-electron chi connectivity index (χ2n) is 13.7. The van der Waals surface area contributed by atoms with Gasteiger partial charge in [0.1, 0.15) is 47.5 Å². The van der Waals surface area contributed by atoms with Crippen LogP contribution in [0.4, 0.5) is 11.4 Å². The van der Waals surface area contributed by atoms with Crippen molar-refractivity contribution < 1.29 is 142 Å². The third-order valence-corrected chi connectivity index (χ3v) is 13.6. The van der Waals surface area contributed by atoms with Gasteiger partial charge in [-0.2, -0.15) is 50.5 Å². The summed E-state index contributed by atoms with van der Waals surface area (Å²) in [5, 5.41) is 24.3. The summed E-state index contributed by atoms with van der Waals surface area (Å²) >= 11 is 0.717. The van der Waals surface area contributed by atoms with Gasteiger partial charge < -0.3 is 30.3 Å². The highest BCUT2D eigenvalue weighted by Crippen LogP contribution is 2.41. The highest BCUT2D eigenvalue weighted by Gasteiger charge is 2.57. The van der Waals surface area contributed by atoms with Gasteiger partial charge in [-0.3, -0.25) is 36.9 Å². The first-order chi connectivity index (χ1) is 32.3. The molecule has 2 aromatic rings. The van der Waals surface area contributed by atoms with Crippen molar-refractivity contribution in [3.8, 4) is 0 Å². The van der Waals surface area contributed by atoms with Crippen molar-refractivity contribution in [3.05, 3.63) is 48.5 Å². The van der Waals surface area contributed by atoms with Crippen molar-refractivity contribution in [2.45, 2.75) is 88.8 Å². The third kappa shape index (κ3) is 20.2. The number of nitrogens with one attached hydrogen (secondary N) is 2. The minimum absolute atomic E-state index is 0.00885. The van der Waals surface area contributed by atoms with Crippen LogP contribution in [-0.2, 0) is 116 Å². The van der Waals surface area contributed by atoms with Gasteiger partial charge in [0.2, 0.25) is 11.8 Å².